The van der Waals surface area contributed by atoms with Crippen LogP contribution in [0.3, 0.4) is 0 Å². The fourth-order valence-electron chi connectivity index (χ4n) is 1.67. The van der Waals surface area contributed by atoms with E-state index in [9.17, 15) is 4.79 Å². The van der Waals surface area contributed by atoms with Crippen molar-refractivity contribution in [3.8, 4) is 5.75 Å². The predicted octanol–water partition coefficient (Wildman–Crippen LogP) is 3.21. The van der Waals surface area contributed by atoms with Gasteiger partial charge in [-0.2, -0.15) is 0 Å². The van der Waals surface area contributed by atoms with Crippen molar-refractivity contribution in [2.45, 2.75) is 0 Å². The van der Waals surface area contributed by atoms with Gasteiger partial charge < -0.3 is 4.74 Å². The number of hydrazine groups is 1. The second kappa shape index (κ2) is 7.12. The maximum atomic E-state index is 12.0. The van der Waals surface area contributed by atoms with Gasteiger partial charge in [-0.05, 0) is 64.6 Å². The number of methoxy groups -OCH3 is 1. The van der Waals surface area contributed by atoms with Gasteiger partial charge in [-0.3, -0.25) is 15.6 Å². The molecule has 5 heteroatoms. The van der Waals surface area contributed by atoms with Crippen LogP contribution in [-0.2, 0) is 0 Å². The van der Waals surface area contributed by atoms with Crippen molar-refractivity contribution in [3.05, 3.63) is 69.8 Å². The number of carbonyl (C=O) groups is 1. The van der Waals surface area contributed by atoms with Crippen molar-refractivity contribution in [3.63, 3.8) is 0 Å². The third-order valence-electron chi connectivity index (χ3n) is 2.87. The maximum Gasteiger partial charge on any atom is 0.269 e. The van der Waals surface area contributed by atoms with Crippen molar-refractivity contribution in [2.24, 2.45) is 0 Å². The van der Waals surface area contributed by atoms with Crippen LogP contribution in [0.1, 0.15) is 15.9 Å². The molecule has 0 unspecified atom stereocenters. The molecule has 0 atom stereocenters. The predicted molar refractivity (Wildman–Crippen MR) is 91.8 cm³/mol. The zero-order chi connectivity index (χ0) is 15.2. The Labute approximate surface area is 137 Å². The average molecular weight is 394 g/mol. The van der Waals surface area contributed by atoms with Crippen LogP contribution in [-0.4, -0.2) is 13.0 Å². The highest BCUT2D eigenvalue weighted by molar-refractivity contribution is 14.1. The highest BCUT2D eigenvalue weighted by Crippen LogP contribution is 2.13. The van der Waals surface area contributed by atoms with Crippen LogP contribution < -0.4 is 15.6 Å². The molecule has 0 saturated heterocycles. The van der Waals surface area contributed by atoms with Gasteiger partial charge in [0.15, 0.2) is 0 Å². The number of halogens is 1. The lowest BCUT2D eigenvalue weighted by molar-refractivity contribution is 0.0942. The molecule has 2 aromatic carbocycles. The fraction of sp³-hybridized carbons (Fsp3) is 0.0625. The van der Waals surface area contributed by atoms with E-state index < -0.39 is 0 Å². The summed E-state index contributed by atoms with van der Waals surface area (Å²) in [5.74, 6) is 0.479. The van der Waals surface area contributed by atoms with Gasteiger partial charge in [-0.15, -0.1) is 0 Å². The normalized spacial score (nSPS) is 9.81. The summed E-state index contributed by atoms with van der Waals surface area (Å²) in [6, 6.07) is 14.7. The minimum Gasteiger partial charge on any atom is -0.497 e. The van der Waals surface area contributed by atoms with E-state index in [1.807, 2.05) is 24.3 Å². The summed E-state index contributed by atoms with van der Waals surface area (Å²) in [5.41, 5.74) is 7.53. The standard InChI is InChI=1S/C16H15IN2O2/c1-11(12-3-7-14(17)8-4-12)18-19-16(20)13-5-9-15(21-2)10-6-13/h3-10,18H,1H2,2H3,(H,19,20). The van der Waals surface area contributed by atoms with Crippen LogP contribution >= 0.6 is 22.6 Å². The van der Waals surface area contributed by atoms with Crippen LogP contribution in [0.5, 0.6) is 5.75 Å². The van der Waals surface area contributed by atoms with Gasteiger partial charge in [-0.1, -0.05) is 18.7 Å². The van der Waals surface area contributed by atoms with E-state index in [0.29, 0.717) is 17.0 Å². The summed E-state index contributed by atoms with van der Waals surface area (Å²) >= 11 is 2.24. The summed E-state index contributed by atoms with van der Waals surface area (Å²) in [7, 11) is 1.58. The molecule has 1 amide bonds. The zero-order valence-corrected chi connectivity index (χ0v) is 13.7. The monoisotopic (exact) mass is 394 g/mol. The molecule has 0 fully saturated rings. The first-order valence-corrected chi connectivity index (χ1v) is 7.33. The Kier molecular flexibility index (Phi) is 5.21. The average Bonchev–Trinajstić information content (AvgIpc) is 2.53. The number of carbonyl (C=O) groups excluding carboxylic acids is 1. The van der Waals surface area contributed by atoms with Crippen molar-refractivity contribution in [2.75, 3.05) is 7.11 Å². The minimum absolute atomic E-state index is 0.232. The molecule has 2 aromatic rings. The first kappa shape index (κ1) is 15.4. The molecule has 0 aliphatic rings. The summed E-state index contributed by atoms with van der Waals surface area (Å²) in [6.45, 7) is 3.90. The summed E-state index contributed by atoms with van der Waals surface area (Å²) in [4.78, 5) is 12.0. The lowest BCUT2D eigenvalue weighted by Crippen LogP contribution is -2.35. The Bertz CT molecular complexity index is 636. The van der Waals surface area contributed by atoms with Gasteiger partial charge in [0.25, 0.3) is 5.91 Å². The Morgan fingerprint density at radius 2 is 1.57 bits per heavy atom. The van der Waals surface area contributed by atoms with Gasteiger partial charge in [0.2, 0.25) is 0 Å². The second-order valence-electron chi connectivity index (χ2n) is 4.29. The number of hydrogen-bond acceptors (Lipinski definition) is 3. The minimum atomic E-state index is -0.232. The quantitative estimate of drug-likeness (QED) is 0.605. The first-order valence-electron chi connectivity index (χ1n) is 6.25. The molecule has 2 rings (SSSR count). The number of nitrogens with one attached hydrogen (secondary N) is 2. The van der Waals surface area contributed by atoms with Crippen molar-refractivity contribution < 1.29 is 9.53 Å². The molecule has 21 heavy (non-hydrogen) atoms. The number of ether oxygens (including phenoxy) is 1. The summed E-state index contributed by atoms with van der Waals surface area (Å²) < 4.78 is 6.20. The third kappa shape index (κ3) is 4.22. The molecule has 0 aliphatic carbocycles. The van der Waals surface area contributed by atoms with Crippen molar-refractivity contribution in [1.29, 1.82) is 0 Å². The van der Waals surface area contributed by atoms with E-state index >= 15 is 0 Å². The highest BCUT2D eigenvalue weighted by atomic mass is 127. The number of rotatable bonds is 5. The second-order valence-corrected chi connectivity index (χ2v) is 5.54. The summed E-state index contributed by atoms with van der Waals surface area (Å²) in [6.07, 6.45) is 0. The van der Waals surface area contributed by atoms with Crippen LogP contribution in [0.15, 0.2) is 55.1 Å². The molecule has 0 aliphatic heterocycles. The van der Waals surface area contributed by atoms with Crippen LogP contribution in [0, 0.1) is 3.57 Å². The van der Waals surface area contributed by atoms with E-state index in [-0.39, 0.29) is 5.91 Å². The van der Waals surface area contributed by atoms with Gasteiger partial charge in [0.05, 0.1) is 12.8 Å². The molecule has 0 bridgehead atoms. The van der Waals surface area contributed by atoms with E-state index in [1.165, 1.54) is 0 Å². The lowest BCUT2D eigenvalue weighted by atomic mass is 10.2. The largest absolute Gasteiger partial charge is 0.497 e. The van der Waals surface area contributed by atoms with Gasteiger partial charge in [0.1, 0.15) is 5.75 Å². The summed E-state index contributed by atoms with van der Waals surface area (Å²) in [5, 5.41) is 0. The molecule has 2 N–H and O–H groups in total. The fourth-order valence-corrected chi connectivity index (χ4v) is 2.03. The van der Waals surface area contributed by atoms with Crippen molar-refractivity contribution >= 4 is 34.2 Å². The van der Waals surface area contributed by atoms with Crippen LogP contribution in [0.2, 0.25) is 0 Å². The van der Waals surface area contributed by atoms with E-state index in [4.69, 9.17) is 4.74 Å². The molecular weight excluding hydrogens is 379 g/mol. The zero-order valence-electron chi connectivity index (χ0n) is 11.5. The Hall–Kier alpha value is -2.02. The van der Waals surface area contributed by atoms with Crippen molar-refractivity contribution in [1.82, 2.24) is 10.9 Å². The Morgan fingerprint density at radius 3 is 2.14 bits per heavy atom. The molecular formula is C16H15IN2O2. The van der Waals surface area contributed by atoms with E-state index in [2.05, 4.69) is 40.0 Å². The first-order chi connectivity index (χ1) is 10.1. The molecule has 108 valence electrons. The Balaban J connectivity index is 1.93. The molecule has 0 radical (unpaired) electrons. The van der Waals surface area contributed by atoms with Gasteiger partial charge in [-0.25, -0.2) is 0 Å². The molecule has 4 nitrogen and oxygen atoms in total. The topological polar surface area (TPSA) is 50.4 Å². The lowest BCUT2D eigenvalue weighted by Gasteiger charge is -2.11. The third-order valence-corrected chi connectivity index (χ3v) is 3.59. The number of hydrogen-bond donors (Lipinski definition) is 2. The molecule has 0 saturated carbocycles. The molecule has 0 heterocycles. The molecule has 0 aromatic heterocycles. The number of amides is 1. The van der Waals surface area contributed by atoms with E-state index in [0.717, 1.165) is 9.13 Å². The molecule has 0 spiro atoms. The van der Waals surface area contributed by atoms with Gasteiger partial charge >= 0.3 is 0 Å². The number of benzene rings is 2. The highest BCUT2D eigenvalue weighted by Gasteiger charge is 2.06. The van der Waals surface area contributed by atoms with Gasteiger partial charge in [0, 0.05) is 9.13 Å². The maximum absolute atomic E-state index is 12.0. The smallest absolute Gasteiger partial charge is 0.269 e. The SMILES string of the molecule is C=C(NNC(=O)c1ccc(OC)cc1)c1ccc(I)cc1. The van der Waals surface area contributed by atoms with E-state index in [1.54, 1.807) is 31.4 Å². The van der Waals surface area contributed by atoms with Crippen LogP contribution in [0.4, 0.5) is 0 Å². The Morgan fingerprint density at radius 1 is 1.00 bits per heavy atom. The van der Waals surface area contributed by atoms with Crippen LogP contribution in [0.25, 0.3) is 5.70 Å².